The number of nitrogens with zero attached hydrogens (tertiary/aromatic N) is 1. The quantitative estimate of drug-likeness (QED) is 0.228. The van der Waals surface area contributed by atoms with Crippen LogP contribution in [0.4, 0.5) is 11.4 Å². The smallest absolute Gasteiger partial charge is 0.124 e. The molecule has 2 aromatic carbocycles. The molecule has 0 aliphatic heterocycles. The second-order valence-electron chi connectivity index (χ2n) is 7.41. The minimum atomic E-state index is 0.789. The summed E-state index contributed by atoms with van der Waals surface area (Å²) in [6.45, 7) is 8.42. The van der Waals surface area contributed by atoms with E-state index in [9.17, 15) is 0 Å². The van der Waals surface area contributed by atoms with Crippen LogP contribution in [-0.4, -0.2) is 13.3 Å². The standard InChI is InChI=1S/C27H34N2O/c1-6-9-10-11-12-13-16-23-19-25(26(28-8-3)20-27(23)30-5)21(4)29-24-17-14-15-22(7-2)18-24/h2,8,14-15,17-20,29H,4,6,9-13,16H2,1,3,5H3. The lowest BCUT2D eigenvalue weighted by Crippen LogP contribution is -2.01. The number of aliphatic imine (C=N–C) groups is 1. The fraction of sp³-hybridized carbons (Fsp3) is 0.370. The third kappa shape index (κ3) is 6.81. The lowest BCUT2D eigenvalue weighted by Gasteiger charge is -2.17. The number of methoxy groups -OCH3 is 1. The zero-order valence-electron chi connectivity index (χ0n) is 18.6. The van der Waals surface area contributed by atoms with E-state index in [0.29, 0.717) is 0 Å². The maximum atomic E-state index is 5.67. The molecule has 2 aromatic rings. The Kier molecular flexibility index (Phi) is 9.74. The van der Waals surface area contributed by atoms with Gasteiger partial charge < -0.3 is 10.1 Å². The van der Waals surface area contributed by atoms with Gasteiger partial charge in [-0.25, -0.2) is 0 Å². The first kappa shape index (κ1) is 23.3. The van der Waals surface area contributed by atoms with E-state index in [1.54, 1.807) is 13.3 Å². The first-order valence-electron chi connectivity index (χ1n) is 10.9. The molecule has 3 heteroatoms. The molecule has 0 heterocycles. The summed E-state index contributed by atoms with van der Waals surface area (Å²) in [7, 11) is 1.72. The molecule has 3 nitrogen and oxygen atoms in total. The Morgan fingerprint density at radius 2 is 1.93 bits per heavy atom. The highest BCUT2D eigenvalue weighted by molar-refractivity contribution is 5.84. The lowest BCUT2D eigenvalue weighted by molar-refractivity contribution is 0.409. The van der Waals surface area contributed by atoms with E-state index in [1.807, 2.05) is 37.3 Å². The van der Waals surface area contributed by atoms with E-state index in [2.05, 4.69) is 35.8 Å². The van der Waals surface area contributed by atoms with Crippen molar-refractivity contribution in [1.29, 1.82) is 0 Å². The zero-order chi connectivity index (χ0) is 21.8. The van der Waals surface area contributed by atoms with Crippen molar-refractivity contribution in [2.24, 2.45) is 4.99 Å². The van der Waals surface area contributed by atoms with Crippen LogP contribution in [0.15, 0.2) is 48.0 Å². The molecule has 0 spiro atoms. The number of ether oxygens (including phenoxy) is 1. The summed E-state index contributed by atoms with van der Waals surface area (Å²) < 4.78 is 5.67. The van der Waals surface area contributed by atoms with E-state index >= 15 is 0 Å². The van der Waals surface area contributed by atoms with Crippen LogP contribution in [0.3, 0.4) is 0 Å². The number of unbranched alkanes of at least 4 members (excludes halogenated alkanes) is 5. The Labute approximate surface area is 182 Å². The lowest BCUT2D eigenvalue weighted by atomic mass is 9.99. The van der Waals surface area contributed by atoms with Gasteiger partial charge in [-0.3, -0.25) is 4.99 Å². The number of rotatable bonds is 12. The summed E-state index contributed by atoms with van der Waals surface area (Å²) in [5.41, 5.74) is 5.54. The predicted octanol–water partition coefficient (Wildman–Crippen LogP) is 7.38. The van der Waals surface area contributed by atoms with Crippen LogP contribution in [0.2, 0.25) is 0 Å². The number of benzene rings is 2. The second-order valence-corrected chi connectivity index (χ2v) is 7.41. The summed E-state index contributed by atoms with van der Waals surface area (Å²) in [6, 6.07) is 11.9. The molecule has 0 unspecified atom stereocenters. The van der Waals surface area contributed by atoms with Crippen LogP contribution in [0.25, 0.3) is 5.70 Å². The van der Waals surface area contributed by atoms with Crippen LogP contribution in [0.1, 0.15) is 69.1 Å². The molecular weight excluding hydrogens is 368 g/mol. The van der Waals surface area contributed by atoms with Crippen molar-refractivity contribution in [3.8, 4) is 18.1 Å². The Morgan fingerprint density at radius 1 is 1.17 bits per heavy atom. The van der Waals surface area contributed by atoms with E-state index in [4.69, 9.17) is 11.2 Å². The maximum absolute atomic E-state index is 5.67. The molecule has 0 saturated carbocycles. The van der Waals surface area contributed by atoms with Gasteiger partial charge >= 0.3 is 0 Å². The van der Waals surface area contributed by atoms with Gasteiger partial charge in [0.1, 0.15) is 5.75 Å². The van der Waals surface area contributed by atoms with Crippen molar-refractivity contribution in [3.63, 3.8) is 0 Å². The number of hydrogen-bond acceptors (Lipinski definition) is 3. The topological polar surface area (TPSA) is 33.6 Å². The van der Waals surface area contributed by atoms with Gasteiger partial charge in [-0.1, -0.05) is 57.6 Å². The van der Waals surface area contributed by atoms with Gasteiger partial charge in [0.15, 0.2) is 0 Å². The van der Waals surface area contributed by atoms with E-state index in [1.165, 1.54) is 37.7 Å². The Balaban J connectivity index is 2.22. The fourth-order valence-electron chi connectivity index (χ4n) is 3.51. The number of terminal acetylenes is 1. The molecular formula is C27H34N2O. The minimum Gasteiger partial charge on any atom is -0.496 e. The van der Waals surface area contributed by atoms with Crippen molar-refractivity contribution >= 4 is 23.3 Å². The third-order valence-electron chi connectivity index (χ3n) is 5.12. The van der Waals surface area contributed by atoms with Crippen LogP contribution in [-0.2, 0) is 6.42 Å². The molecule has 0 radical (unpaired) electrons. The second kappa shape index (κ2) is 12.5. The fourth-order valence-corrected chi connectivity index (χ4v) is 3.51. The summed E-state index contributed by atoms with van der Waals surface area (Å²) in [5.74, 6) is 3.55. The summed E-state index contributed by atoms with van der Waals surface area (Å²) in [6.07, 6.45) is 15.9. The SMILES string of the molecule is C#Cc1cccc(NC(=C)c2cc(CCCCCCCC)c(OC)cc2N=CC)c1. The minimum absolute atomic E-state index is 0.789. The van der Waals surface area contributed by atoms with Crippen LogP contribution < -0.4 is 10.1 Å². The molecule has 2 rings (SSSR count). The number of aryl methyl sites for hydroxylation is 1. The van der Waals surface area contributed by atoms with Crippen LogP contribution in [0.5, 0.6) is 5.75 Å². The van der Waals surface area contributed by atoms with Crippen molar-refractivity contribution in [2.45, 2.75) is 58.8 Å². The highest BCUT2D eigenvalue weighted by Gasteiger charge is 2.13. The predicted molar refractivity (Wildman–Crippen MR) is 131 cm³/mol. The van der Waals surface area contributed by atoms with Gasteiger partial charge in [0, 0.05) is 34.8 Å². The maximum Gasteiger partial charge on any atom is 0.124 e. The van der Waals surface area contributed by atoms with E-state index in [-0.39, 0.29) is 0 Å². The largest absolute Gasteiger partial charge is 0.496 e. The monoisotopic (exact) mass is 402 g/mol. The molecule has 0 aliphatic carbocycles. The van der Waals surface area contributed by atoms with Gasteiger partial charge in [0.25, 0.3) is 0 Å². The normalized spacial score (nSPS) is 10.7. The number of hydrogen-bond donors (Lipinski definition) is 1. The van der Waals surface area contributed by atoms with Gasteiger partial charge in [-0.05, 0) is 49.6 Å². The molecule has 0 saturated heterocycles. The summed E-state index contributed by atoms with van der Waals surface area (Å²) in [5, 5.41) is 3.38. The average Bonchev–Trinajstić information content (AvgIpc) is 2.76. The summed E-state index contributed by atoms with van der Waals surface area (Å²) >= 11 is 0. The molecule has 158 valence electrons. The van der Waals surface area contributed by atoms with E-state index < -0.39 is 0 Å². The zero-order valence-corrected chi connectivity index (χ0v) is 18.6. The van der Waals surface area contributed by atoms with Crippen molar-refractivity contribution in [3.05, 3.63) is 59.7 Å². The van der Waals surface area contributed by atoms with Crippen molar-refractivity contribution < 1.29 is 4.74 Å². The molecule has 0 atom stereocenters. The highest BCUT2D eigenvalue weighted by atomic mass is 16.5. The molecule has 0 fully saturated rings. The highest BCUT2D eigenvalue weighted by Crippen LogP contribution is 2.34. The molecule has 0 amide bonds. The van der Waals surface area contributed by atoms with Gasteiger partial charge in [-0.2, -0.15) is 0 Å². The number of anilines is 1. The van der Waals surface area contributed by atoms with Gasteiger partial charge in [-0.15, -0.1) is 6.42 Å². The average molecular weight is 403 g/mol. The molecule has 1 N–H and O–H groups in total. The molecule has 0 bridgehead atoms. The van der Waals surface area contributed by atoms with Crippen LogP contribution >= 0.6 is 0 Å². The van der Waals surface area contributed by atoms with Crippen LogP contribution in [0, 0.1) is 12.3 Å². The van der Waals surface area contributed by atoms with E-state index in [0.717, 1.165) is 46.8 Å². The Morgan fingerprint density at radius 3 is 2.63 bits per heavy atom. The summed E-state index contributed by atoms with van der Waals surface area (Å²) in [4.78, 5) is 4.54. The molecule has 0 aromatic heterocycles. The Bertz CT molecular complexity index is 906. The first-order chi connectivity index (χ1) is 14.6. The first-order valence-corrected chi connectivity index (χ1v) is 10.9. The third-order valence-corrected chi connectivity index (χ3v) is 5.12. The molecule has 0 aliphatic rings. The number of nitrogens with one attached hydrogen (secondary N) is 1. The van der Waals surface area contributed by atoms with Crippen molar-refractivity contribution in [2.75, 3.05) is 12.4 Å². The Hall–Kier alpha value is -2.99. The van der Waals surface area contributed by atoms with Gasteiger partial charge in [0.2, 0.25) is 0 Å². The molecule has 30 heavy (non-hydrogen) atoms. The van der Waals surface area contributed by atoms with Gasteiger partial charge in [0.05, 0.1) is 12.8 Å². The van der Waals surface area contributed by atoms with Crippen molar-refractivity contribution in [1.82, 2.24) is 0 Å².